The molecule has 0 spiro atoms. The maximum atomic E-state index is 13.0. The maximum absolute atomic E-state index is 13.0. The summed E-state index contributed by atoms with van der Waals surface area (Å²) in [5, 5.41) is 9.27. The third-order valence-corrected chi connectivity index (χ3v) is 4.56. The van der Waals surface area contributed by atoms with Crippen molar-refractivity contribution in [2.24, 2.45) is 0 Å². The van der Waals surface area contributed by atoms with Crippen LogP contribution in [0.4, 0.5) is 4.39 Å². The standard InChI is InChI=1S/C17H23FN2O3/c1-12(13-6-8-14(18)9-7-13)19(2)16(21)11-20-10-4-3-5-15(20)17(22)23/h6-9,12,15H,3-5,10-11H2,1-2H3,(H,22,23). The molecule has 5 nitrogen and oxygen atoms in total. The molecule has 2 atom stereocenters. The number of carbonyl (C=O) groups is 2. The van der Waals surface area contributed by atoms with E-state index in [0.29, 0.717) is 13.0 Å². The number of aliphatic carboxylic acids is 1. The van der Waals surface area contributed by atoms with Crippen molar-refractivity contribution in [2.45, 2.75) is 38.3 Å². The summed E-state index contributed by atoms with van der Waals surface area (Å²) in [7, 11) is 1.69. The molecule has 2 unspecified atom stereocenters. The Hall–Kier alpha value is -1.95. The molecule has 0 aliphatic carbocycles. The van der Waals surface area contributed by atoms with Crippen molar-refractivity contribution in [3.63, 3.8) is 0 Å². The van der Waals surface area contributed by atoms with E-state index in [2.05, 4.69) is 0 Å². The highest BCUT2D eigenvalue weighted by Gasteiger charge is 2.31. The van der Waals surface area contributed by atoms with Crippen molar-refractivity contribution >= 4 is 11.9 Å². The quantitative estimate of drug-likeness (QED) is 0.903. The number of carboxylic acids is 1. The lowest BCUT2D eigenvalue weighted by atomic mass is 10.0. The zero-order chi connectivity index (χ0) is 17.0. The van der Waals surface area contributed by atoms with E-state index in [1.807, 2.05) is 6.92 Å². The van der Waals surface area contributed by atoms with Gasteiger partial charge in [0.1, 0.15) is 11.9 Å². The molecular weight excluding hydrogens is 299 g/mol. The number of amides is 1. The summed E-state index contributed by atoms with van der Waals surface area (Å²) in [6, 6.07) is 5.28. The molecular formula is C17H23FN2O3. The second kappa shape index (κ2) is 7.55. The van der Waals surface area contributed by atoms with Crippen molar-refractivity contribution in [3.8, 4) is 0 Å². The predicted molar refractivity (Wildman–Crippen MR) is 84.4 cm³/mol. The molecule has 0 saturated carbocycles. The number of likely N-dealkylation sites (N-methyl/N-ethyl adjacent to an activating group) is 1. The average molecular weight is 322 g/mol. The van der Waals surface area contributed by atoms with Crippen LogP contribution in [0.15, 0.2) is 24.3 Å². The second-order valence-corrected chi connectivity index (χ2v) is 6.05. The summed E-state index contributed by atoms with van der Waals surface area (Å²) >= 11 is 0. The molecule has 6 heteroatoms. The monoisotopic (exact) mass is 322 g/mol. The Morgan fingerprint density at radius 3 is 2.61 bits per heavy atom. The molecule has 1 aromatic rings. The van der Waals surface area contributed by atoms with Crippen LogP contribution in [-0.4, -0.2) is 53.0 Å². The molecule has 1 aliphatic rings. The first-order chi connectivity index (χ1) is 10.9. The lowest BCUT2D eigenvalue weighted by molar-refractivity contribution is -0.146. The fourth-order valence-corrected chi connectivity index (χ4v) is 2.93. The number of likely N-dealkylation sites (tertiary alicyclic amines) is 1. The van der Waals surface area contributed by atoms with Gasteiger partial charge in [0.15, 0.2) is 0 Å². The van der Waals surface area contributed by atoms with Crippen LogP contribution in [0, 0.1) is 5.82 Å². The first-order valence-electron chi connectivity index (χ1n) is 7.88. The SMILES string of the molecule is CC(c1ccc(F)cc1)N(C)C(=O)CN1CCCCC1C(=O)O. The summed E-state index contributed by atoms with van der Waals surface area (Å²) in [5.74, 6) is -1.31. The predicted octanol–water partition coefficient (Wildman–Crippen LogP) is 2.28. The van der Waals surface area contributed by atoms with Crippen LogP contribution in [0.3, 0.4) is 0 Å². The van der Waals surface area contributed by atoms with E-state index in [4.69, 9.17) is 0 Å². The fourth-order valence-electron chi connectivity index (χ4n) is 2.93. The average Bonchev–Trinajstić information content (AvgIpc) is 2.54. The van der Waals surface area contributed by atoms with Crippen molar-refractivity contribution in [3.05, 3.63) is 35.6 Å². The van der Waals surface area contributed by atoms with E-state index in [9.17, 15) is 19.1 Å². The van der Waals surface area contributed by atoms with Crippen LogP contribution in [0.5, 0.6) is 0 Å². The summed E-state index contributed by atoms with van der Waals surface area (Å²) in [4.78, 5) is 27.1. The van der Waals surface area contributed by atoms with Gasteiger partial charge in [-0.3, -0.25) is 14.5 Å². The van der Waals surface area contributed by atoms with Crippen LogP contribution in [0.2, 0.25) is 0 Å². The van der Waals surface area contributed by atoms with Crippen LogP contribution >= 0.6 is 0 Å². The number of carbonyl (C=O) groups excluding carboxylic acids is 1. The number of halogens is 1. The normalized spacial score (nSPS) is 20.0. The Bertz CT molecular complexity index is 561. The molecule has 0 bridgehead atoms. The van der Waals surface area contributed by atoms with Gasteiger partial charge in [-0.05, 0) is 44.0 Å². The zero-order valence-electron chi connectivity index (χ0n) is 13.5. The third-order valence-electron chi connectivity index (χ3n) is 4.56. The van der Waals surface area contributed by atoms with Gasteiger partial charge in [-0.25, -0.2) is 4.39 Å². The largest absolute Gasteiger partial charge is 0.480 e. The fraction of sp³-hybridized carbons (Fsp3) is 0.529. The molecule has 1 aromatic carbocycles. The lowest BCUT2D eigenvalue weighted by Gasteiger charge is -2.34. The van der Waals surface area contributed by atoms with E-state index >= 15 is 0 Å². The molecule has 1 saturated heterocycles. The zero-order valence-corrected chi connectivity index (χ0v) is 13.5. The van der Waals surface area contributed by atoms with Gasteiger partial charge in [-0.1, -0.05) is 18.6 Å². The molecule has 2 rings (SSSR count). The minimum Gasteiger partial charge on any atom is -0.480 e. The summed E-state index contributed by atoms with van der Waals surface area (Å²) in [5.41, 5.74) is 0.843. The first-order valence-corrected chi connectivity index (χ1v) is 7.88. The van der Waals surface area contributed by atoms with E-state index in [0.717, 1.165) is 18.4 Å². The Kier molecular flexibility index (Phi) is 5.71. The van der Waals surface area contributed by atoms with Crippen LogP contribution in [0.25, 0.3) is 0 Å². The number of hydrogen-bond donors (Lipinski definition) is 1. The molecule has 0 aromatic heterocycles. The van der Waals surface area contributed by atoms with Gasteiger partial charge < -0.3 is 10.0 Å². The van der Waals surface area contributed by atoms with E-state index in [1.165, 1.54) is 12.1 Å². The second-order valence-electron chi connectivity index (χ2n) is 6.05. The smallest absolute Gasteiger partial charge is 0.320 e. The van der Waals surface area contributed by atoms with E-state index in [-0.39, 0.29) is 24.3 Å². The number of benzene rings is 1. The highest BCUT2D eigenvalue weighted by atomic mass is 19.1. The minimum absolute atomic E-state index is 0.0962. The van der Waals surface area contributed by atoms with Gasteiger partial charge in [-0.15, -0.1) is 0 Å². The Morgan fingerprint density at radius 2 is 2.00 bits per heavy atom. The van der Waals surface area contributed by atoms with Gasteiger partial charge in [0.2, 0.25) is 5.91 Å². The number of nitrogens with zero attached hydrogens (tertiary/aromatic N) is 2. The molecule has 126 valence electrons. The molecule has 23 heavy (non-hydrogen) atoms. The van der Waals surface area contributed by atoms with Gasteiger partial charge >= 0.3 is 5.97 Å². The van der Waals surface area contributed by atoms with Gasteiger partial charge in [0.25, 0.3) is 0 Å². The van der Waals surface area contributed by atoms with Gasteiger partial charge in [-0.2, -0.15) is 0 Å². The summed E-state index contributed by atoms with van der Waals surface area (Å²) in [6.45, 7) is 2.59. The van der Waals surface area contributed by atoms with Crippen molar-refractivity contribution in [1.82, 2.24) is 9.80 Å². The van der Waals surface area contributed by atoms with Gasteiger partial charge in [0, 0.05) is 7.05 Å². The van der Waals surface area contributed by atoms with Crippen LogP contribution in [-0.2, 0) is 9.59 Å². The Labute approximate surface area is 135 Å². The molecule has 1 heterocycles. The van der Waals surface area contributed by atoms with Crippen LogP contribution in [0.1, 0.15) is 37.8 Å². The third kappa shape index (κ3) is 4.28. The van der Waals surface area contributed by atoms with Crippen molar-refractivity contribution < 1.29 is 19.1 Å². The molecule has 1 aliphatic heterocycles. The highest BCUT2D eigenvalue weighted by Crippen LogP contribution is 2.21. The molecule has 1 fully saturated rings. The summed E-state index contributed by atoms with van der Waals surface area (Å²) in [6.07, 6.45) is 2.37. The Morgan fingerprint density at radius 1 is 1.35 bits per heavy atom. The lowest BCUT2D eigenvalue weighted by Crippen LogP contribution is -2.49. The molecule has 0 radical (unpaired) electrons. The first kappa shape index (κ1) is 17.4. The molecule has 1 amide bonds. The number of hydrogen-bond acceptors (Lipinski definition) is 3. The topological polar surface area (TPSA) is 60.9 Å². The minimum atomic E-state index is -0.869. The number of rotatable bonds is 5. The maximum Gasteiger partial charge on any atom is 0.320 e. The molecule has 1 N–H and O–H groups in total. The summed E-state index contributed by atoms with van der Waals surface area (Å²) < 4.78 is 13.0. The van der Waals surface area contributed by atoms with Crippen molar-refractivity contribution in [2.75, 3.05) is 20.1 Å². The Balaban J connectivity index is 2.01. The number of carboxylic acid groups (broad SMARTS) is 1. The van der Waals surface area contributed by atoms with E-state index in [1.54, 1.807) is 29.0 Å². The number of piperidine rings is 1. The van der Waals surface area contributed by atoms with E-state index < -0.39 is 12.0 Å². The highest BCUT2D eigenvalue weighted by molar-refractivity contribution is 5.80. The van der Waals surface area contributed by atoms with Crippen molar-refractivity contribution in [1.29, 1.82) is 0 Å². The van der Waals surface area contributed by atoms with Crippen LogP contribution < -0.4 is 0 Å². The van der Waals surface area contributed by atoms with Gasteiger partial charge in [0.05, 0.1) is 12.6 Å².